The number of nitrogens with one attached hydrogen (secondary N) is 1. The Hall–Kier alpha value is -4.70. The number of ether oxygens (including phenoxy) is 1. The Balaban J connectivity index is 1.80. The number of sulfonamides is 1. The fourth-order valence-electron chi connectivity index (χ4n) is 4.82. The van der Waals surface area contributed by atoms with Gasteiger partial charge in [-0.05, 0) is 73.0 Å². The Kier molecular flexibility index (Phi) is 11.3. The largest absolute Gasteiger partial charge is 0.497 e. The Labute approximate surface area is 264 Å². The number of rotatable bonds is 14. The summed E-state index contributed by atoms with van der Waals surface area (Å²) in [4.78, 5) is 29.6. The number of anilines is 1. The molecule has 0 fully saturated rings. The third-order valence-electron chi connectivity index (χ3n) is 7.48. The van der Waals surface area contributed by atoms with Crippen molar-refractivity contribution in [3.05, 3.63) is 126 Å². The van der Waals surface area contributed by atoms with Crippen molar-refractivity contribution < 1.29 is 27.1 Å². The van der Waals surface area contributed by atoms with Crippen LogP contribution in [0.5, 0.6) is 5.75 Å². The number of amides is 2. The summed E-state index contributed by atoms with van der Waals surface area (Å²) >= 11 is 0. The fraction of sp³-hybridized carbons (Fsp3) is 0.257. The highest BCUT2D eigenvalue weighted by molar-refractivity contribution is 7.92. The van der Waals surface area contributed by atoms with Crippen LogP contribution in [0.15, 0.2) is 114 Å². The highest BCUT2D eigenvalue weighted by Gasteiger charge is 2.35. The number of nitrogens with zero attached hydrogens (tertiary/aromatic N) is 2. The standard InChI is InChI=1S/C35H38FN3O5S/c1-4-26(2)37-35(41)33(23-27-12-7-5-8-13-27)38(24-28-14-11-17-31(22-28)44-3)34(40)25-39(30-15-9-6-10-16-30)45(42,43)32-20-18-29(36)19-21-32/h5-22,26,33H,4,23-25H2,1-3H3,(H,37,41)/t26-,33-/m0/s1. The molecular weight excluding hydrogens is 593 g/mol. The van der Waals surface area contributed by atoms with E-state index in [9.17, 15) is 22.4 Å². The van der Waals surface area contributed by atoms with Crippen LogP contribution in [0.3, 0.4) is 0 Å². The number of benzene rings is 4. The predicted molar refractivity (Wildman–Crippen MR) is 173 cm³/mol. The number of carbonyl (C=O) groups excluding carboxylic acids is 2. The first-order valence-electron chi connectivity index (χ1n) is 14.7. The zero-order chi connectivity index (χ0) is 32.4. The van der Waals surface area contributed by atoms with Crippen LogP contribution >= 0.6 is 0 Å². The van der Waals surface area contributed by atoms with Crippen LogP contribution in [0.25, 0.3) is 0 Å². The maximum atomic E-state index is 14.5. The molecule has 4 rings (SSSR count). The number of hydrogen-bond acceptors (Lipinski definition) is 5. The molecule has 2 amide bonds. The summed E-state index contributed by atoms with van der Waals surface area (Å²) in [5.74, 6) is -0.949. The highest BCUT2D eigenvalue weighted by Crippen LogP contribution is 2.25. The lowest BCUT2D eigenvalue weighted by molar-refractivity contribution is -0.140. The summed E-state index contributed by atoms with van der Waals surface area (Å²) < 4.78 is 48.0. The minimum absolute atomic E-state index is 0.0146. The molecule has 0 bridgehead atoms. The highest BCUT2D eigenvalue weighted by atomic mass is 32.2. The van der Waals surface area contributed by atoms with Gasteiger partial charge in [-0.25, -0.2) is 12.8 Å². The molecule has 0 saturated heterocycles. The van der Waals surface area contributed by atoms with E-state index in [1.54, 1.807) is 48.5 Å². The van der Waals surface area contributed by atoms with Gasteiger partial charge in [0, 0.05) is 19.0 Å². The zero-order valence-corrected chi connectivity index (χ0v) is 26.4. The molecule has 0 unspecified atom stereocenters. The lowest BCUT2D eigenvalue weighted by Crippen LogP contribution is -2.54. The van der Waals surface area contributed by atoms with Gasteiger partial charge in [0.05, 0.1) is 17.7 Å². The third kappa shape index (κ3) is 8.69. The van der Waals surface area contributed by atoms with Crippen molar-refractivity contribution in [1.82, 2.24) is 10.2 Å². The topological polar surface area (TPSA) is 96.0 Å². The molecule has 45 heavy (non-hydrogen) atoms. The molecular formula is C35H38FN3O5S. The Morgan fingerprint density at radius 2 is 1.49 bits per heavy atom. The quantitative estimate of drug-likeness (QED) is 0.196. The van der Waals surface area contributed by atoms with Crippen molar-refractivity contribution in [3.63, 3.8) is 0 Å². The second-order valence-corrected chi connectivity index (χ2v) is 12.6. The van der Waals surface area contributed by atoms with Gasteiger partial charge in [-0.2, -0.15) is 0 Å². The van der Waals surface area contributed by atoms with Gasteiger partial charge in [0.2, 0.25) is 11.8 Å². The van der Waals surface area contributed by atoms with E-state index in [0.29, 0.717) is 17.7 Å². The normalized spacial score (nSPS) is 12.5. The molecule has 8 nitrogen and oxygen atoms in total. The van der Waals surface area contributed by atoms with Gasteiger partial charge in [0.1, 0.15) is 24.2 Å². The molecule has 4 aromatic rings. The first-order valence-corrected chi connectivity index (χ1v) is 16.2. The number of halogens is 1. The van der Waals surface area contributed by atoms with Gasteiger partial charge in [0.25, 0.3) is 10.0 Å². The third-order valence-corrected chi connectivity index (χ3v) is 9.27. The van der Waals surface area contributed by atoms with Gasteiger partial charge >= 0.3 is 0 Å². The maximum Gasteiger partial charge on any atom is 0.264 e. The molecule has 0 aliphatic carbocycles. The van der Waals surface area contributed by atoms with Gasteiger partial charge in [0.15, 0.2) is 0 Å². The van der Waals surface area contributed by atoms with Crippen LogP contribution in [0.1, 0.15) is 31.4 Å². The first kappa shape index (κ1) is 33.2. The Bertz CT molecular complexity index is 1670. The molecule has 236 valence electrons. The molecule has 0 spiro atoms. The van der Waals surface area contributed by atoms with Crippen molar-refractivity contribution in [2.24, 2.45) is 0 Å². The zero-order valence-electron chi connectivity index (χ0n) is 25.6. The molecule has 0 aliphatic rings. The average Bonchev–Trinajstić information content (AvgIpc) is 3.06. The number of hydrogen-bond donors (Lipinski definition) is 1. The second-order valence-electron chi connectivity index (χ2n) is 10.7. The Morgan fingerprint density at radius 3 is 2.11 bits per heavy atom. The summed E-state index contributed by atoms with van der Waals surface area (Å²) in [6, 6.07) is 28.1. The van der Waals surface area contributed by atoms with Gasteiger partial charge in [-0.3, -0.25) is 13.9 Å². The van der Waals surface area contributed by atoms with Gasteiger partial charge in [-0.15, -0.1) is 0 Å². The van der Waals surface area contributed by atoms with E-state index in [0.717, 1.165) is 34.1 Å². The Morgan fingerprint density at radius 1 is 0.867 bits per heavy atom. The summed E-state index contributed by atoms with van der Waals surface area (Å²) in [6.07, 6.45) is 0.889. The van der Waals surface area contributed by atoms with Crippen molar-refractivity contribution >= 4 is 27.5 Å². The molecule has 0 radical (unpaired) electrons. The fourth-order valence-corrected chi connectivity index (χ4v) is 6.23. The van der Waals surface area contributed by atoms with Crippen molar-refractivity contribution in [2.75, 3.05) is 18.0 Å². The van der Waals surface area contributed by atoms with Crippen LogP contribution in [0.4, 0.5) is 10.1 Å². The van der Waals surface area contributed by atoms with Gasteiger partial charge < -0.3 is 15.0 Å². The molecule has 0 aliphatic heterocycles. The summed E-state index contributed by atoms with van der Waals surface area (Å²) in [6.45, 7) is 3.25. The molecule has 0 heterocycles. The van der Waals surface area contributed by atoms with Gasteiger partial charge in [-0.1, -0.05) is 67.6 Å². The van der Waals surface area contributed by atoms with Crippen LogP contribution in [0.2, 0.25) is 0 Å². The van der Waals surface area contributed by atoms with E-state index in [4.69, 9.17) is 4.74 Å². The average molecular weight is 632 g/mol. The van der Waals surface area contributed by atoms with E-state index in [2.05, 4.69) is 5.32 Å². The molecule has 4 aromatic carbocycles. The summed E-state index contributed by atoms with van der Waals surface area (Å²) in [5.41, 5.74) is 1.79. The maximum absolute atomic E-state index is 14.5. The van der Waals surface area contributed by atoms with E-state index < -0.39 is 34.3 Å². The van der Waals surface area contributed by atoms with Crippen LogP contribution < -0.4 is 14.4 Å². The number of para-hydroxylation sites is 1. The van der Waals surface area contributed by atoms with E-state index in [1.807, 2.05) is 50.2 Å². The predicted octanol–water partition coefficient (Wildman–Crippen LogP) is 5.58. The van der Waals surface area contributed by atoms with Crippen LogP contribution in [-0.2, 0) is 32.6 Å². The SMILES string of the molecule is CC[C@H](C)NC(=O)[C@H](Cc1ccccc1)N(Cc1cccc(OC)c1)C(=O)CN(c1ccccc1)S(=O)(=O)c1ccc(F)cc1. The van der Waals surface area contributed by atoms with Crippen molar-refractivity contribution in [1.29, 1.82) is 0 Å². The molecule has 10 heteroatoms. The molecule has 0 saturated carbocycles. The van der Waals surface area contributed by atoms with E-state index in [1.165, 1.54) is 12.0 Å². The van der Waals surface area contributed by atoms with Crippen molar-refractivity contribution in [2.45, 2.75) is 50.2 Å². The van der Waals surface area contributed by atoms with Crippen LogP contribution in [0, 0.1) is 5.82 Å². The lowest BCUT2D eigenvalue weighted by Gasteiger charge is -2.34. The number of carbonyl (C=O) groups is 2. The smallest absolute Gasteiger partial charge is 0.264 e. The molecule has 2 atom stereocenters. The van der Waals surface area contributed by atoms with Crippen LogP contribution in [-0.4, -0.2) is 50.9 Å². The lowest BCUT2D eigenvalue weighted by atomic mass is 10.0. The summed E-state index contributed by atoms with van der Waals surface area (Å²) in [7, 11) is -2.77. The second kappa shape index (κ2) is 15.3. The monoisotopic (exact) mass is 631 g/mol. The summed E-state index contributed by atoms with van der Waals surface area (Å²) in [5, 5.41) is 3.02. The molecule has 0 aromatic heterocycles. The minimum Gasteiger partial charge on any atom is -0.497 e. The number of methoxy groups -OCH3 is 1. The van der Waals surface area contributed by atoms with E-state index >= 15 is 0 Å². The minimum atomic E-state index is -4.31. The van der Waals surface area contributed by atoms with Crippen molar-refractivity contribution in [3.8, 4) is 5.75 Å². The van der Waals surface area contributed by atoms with E-state index in [-0.39, 0.29) is 35.5 Å². The molecule has 1 N–H and O–H groups in total. The first-order chi connectivity index (χ1) is 21.6.